The van der Waals surface area contributed by atoms with E-state index in [0.717, 1.165) is 12.0 Å². The number of carbonyl (C=O) groups excluding carboxylic acids is 3. The van der Waals surface area contributed by atoms with Crippen molar-refractivity contribution >= 4 is 27.7 Å². The number of rotatable bonds is 7. The zero-order chi connectivity index (χ0) is 22.6. The number of hydrogen-bond donors (Lipinski definition) is 1. The molecular weight excluding hydrogens is 412 g/mol. The van der Waals surface area contributed by atoms with Crippen molar-refractivity contribution in [1.82, 2.24) is 10.2 Å². The largest absolute Gasteiger partial charge is 0.469 e. The van der Waals surface area contributed by atoms with Crippen LogP contribution in [0.2, 0.25) is 0 Å². The second-order valence-corrected chi connectivity index (χ2v) is 10.3. The van der Waals surface area contributed by atoms with Gasteiger partial charge in [0.05, 0.1) is 19.3 Å². The minimum absolute atomic E-state index is 0.0829. The summed E-state index contributed by atoms with van der Waals surface area (Å²) in [5.41, 5.74) is -0.281. The van der Waals surface area contributed by atoms with Crippen LogP contribution in [0.1, 0.15) is 32.8 Å². The van der Waals surface area contributed by atoms with Crippen LogP contribution in [-0.4, -0.2) is 68.4 Å². The van der Waals surface area contributed by atoms with Crippen molar-refractivity contribution in [2.75, 3.05) is 26.7 Å². The third-order valence-electron chi connectivity index (χ3n) is 4.52. The molecule has 1 fully saturated rings. The van der Waals surface area contributed by atoms with E-state index in [1.165, 1.54) is 0 Å². The lowest BCUT2D eigenvalue weighted by molar-refractivity contribution is -0.160. The van der Waals surface area contributed by atoms with Gasteiger partial charge in [-0.05, 0) is 26.3 Å². The smallest absolute Gasteiger partial charge is 0.326 e. The van der Waals surface area contributed by atoms with Gasteiger partial charge in [0, 0.05) is 13.1 Å². The van der Waals surface area contributed by atoms with Crippen LogP contribution < -0.4 is 5.32 Å². The molecule has 1 aromatic carbocycles. The molecule has 166 valence electrons. The molecular formula is C20H28N2O7S. The first-order valence-electron chi connectivity index (χ1n) is 9.49. The van der Waals surface area contributed by atoms with Gasteiger partial charge in [-0.1, -0.05) is 30.3 Å². The molecule has 10 heteroatoms. The van der Waals surface area contributed by atoms with E-state index in [1.807, 2.05) is 0 Å². The van der Waals surface area contributed by atoms with Crippen LogP contribution in [0.25, 0.3) is 0 Å². The Kier molecular flexibility index (Phi) is 7.25. The van der Waals surface area contributed by atoms with E-state index in [-0.39, 0.29) is 13.1 Å². The molecule has 1 aromatic rings. The summed E-state index contributed by atoms with van der Waals surface area (Å²) in [5.74, 6) is -2.85. The number of ether oxygens (including phenoxy) is 2. The highest BCUT2D eigenvalue weighted by Crippen LogP contribution is 2.29. The number of benzene rings is 1. The van der Waals surface area contributed by atoms with Crippen LogP contribution >= 0.6 is 0 Å². The van der Waals surface area contributed by atoms with Crippen molar-refractivity contribution in [1.29, 1.82) is 0 Å². The molecule has 1 aliphatic heterocycles. The second-order valence-electron chi connectivity index (χ2n) is 8.06. The Hall–Kier alpha value is -2.46. The average molecular weight is 441 g/mol. The fraction of sp³-hybridized carbons (Fsp3) is 0.550. The Morgan fingerprint density at radius 3 is 2.37 bits per heavy atom. The van der Waals surface area contributed by atoms with Gasteiger partial charge in [-0.25, -0.2) is 8.42 Å². The maximum absolute atomic E-state index is 13.4. The van der Waals surface area contributed by atoms with Gasteiger partial charge in [0.15, 0.2) is 9.84 Å². The van der Waals surface area contributed by atoms with Crippen molar-refractivity contribution in [2.45, 2.75) is 43.4 Å². The molecule has 0 aromatic heterocycles. The van der Waals surface area contributed by atoms with Gasteiger partial charge in [0.25, 0.3) is 5.91 Å². The fourth-order valence-electron chi connectivity index (χ4n) is 3.19. The second kappa shape index (κ2) is 9.13. The van der Waals surface area contributed by atoms with Crippen LogP contribution in [0.5, 0.6) is 0 Å². The zero-order valence-electron chi connectivity index (χ0n) is 17.6. The predicted octanol–water partition coefficient (Wildman–Crippen LogP) is 0.634. The molecule has 0 spiro atoms. The zero-order valence-corrected chi connectivity index (χ0v) is 18.5. The first-order chi connectivity index (χ1) is 13.9. The van der Waals surface area contributed by atoms with Crippen molar-refractivity contribution in [3.05, 3.63) is 35.9 Å². The number of sulfone groups is 1. The summed E-state index contributed by atoms with van der Waals surface area (Å²) in [4.78, 5) is 36.5. The van der Waals surface area contributed by atoms with Crippen LogP contribution in [0, 0.1) is 0 Å². The molecule has 1 amide bonds. The van der Waals surface area contributed by atoms with Crippen molar-refractivity contribution in [2.24, 2.45) is 0 Å². The molecule has 30 heavy (non-hydrogen) atoms. The summed E-state index contributed by atoms with van der Waals surface area (Å²) < 4.78 is 36.6. The lowest BCUT2D eigenvalue weighted by Gasteiger charge is -2.41. The number of hydrogen-bond acceptors (Lipinski definition) is 8. The fourth-order valence-corrected chi connectivity index (χ4v) is 5.12. The van der Waals surface area contributed by atoms with E-state index in [9.17, 15) is 22.8 Å². The highest BCUT2D eigenvalue weighted by Gasteiger charge is 2.55. The number of methoxy groups -OCH3 is 1. The predicted molar refractivity (Wildman–Crippen MR) is 109 cm³/mol. The number of piperazine rings is 1. The summed E-state index contributed by atoms with van der Waals surface area (Å²) in [6.07, 6.45) is -0.706. The molecule has 0 bridgehead atoms. The third-order valence-corrected chi connectivity index (χ3v) is 6.75. The van der Waals surface area contributed by atoms with E-state index in [2.05, 4.69) is 10.1 Å². The molecule has 0 radical (unpaired) electrons. The standard InChI is InChI=1S/C20H28N2O7S/c1-19(2,3)29-17(24)13-22-11-10-21-20(18(22)25,12-16(23)28-4)30(26,27)14-15-8-6-5-7-9-15/h5-9,21H,10-14H2,1-4H3/t20-/m0/s1. The number of nitrogens with zero attached hydrogens (tertiary/aromatic N) is 1. The maximum atomic E-state index is 13.4. The normalized spacial score (nSPS) is 20.0. The highest BCUT2D eigenvalue weighted by molar-refractivity contribution is 7.92. The Balaban J connectivity index is 2.37. The van der Waals surface area contributed by atoms with Gasteiger partial charge in [0.1, 0.15) is 12.1 Å². The van der Waals surface area contributed by atoms with Gasteiger partial charge in [0.2, 0.25) is 4.87 Å². The van der Waals surface area contributed by atoms with Gasteiger partial charge < -0.3 is 14.4 Å². The number of carbonyl (C=O) groups is 3. The maximum Gasteiger partial charge on any atom is 0.326 e. The Morgan fingerprint density at radius 1 is 1.17 bits per heavy atom. The molecule has 1 N–H and O–H groups in total. The molecule has 0 unspecified atom stereocenters. The SMILES string of the molecule is COC(=O)C[C@@]1(S(=O)(=O)Cc2ccccc2)NCCN(CC(=O)OC(C)(C)C)C1=O. The number of nitrogens with one attached hydrogen (secondary N) is 1. The Morgan fingerprint density at radius 2 is 1.80 bits per heavy atom. The minimum Gasteiger partial charge on any atom is -0.469 e. The van der Waals surface area contributed by atoms with Crippen LogP contribution in [-0.2, 0) is 39.4 Å². The van der Waals surface area contributed by atoms with E-state index in [1.54, 1.807) is 51.1 Å². The first-order valence-corrected chi connectivity index (χ1v) is 11.1. The molecule has 2 rings (SSSR count). The van der Waals surface area contributed by atoms with E-state index in [4.69, 9.17) is 4.74 Å². The molecule has 1 saturated heterocycles. The van der Waals surface area contributed by atoms with Gasteiger partial charge in [-0.3, -0.25) is 19.7 Å². The minimum atomic E-state index is -4.21. The topological polar surface area (TPSA) is 119 Å². The van der Waals surface area contributed by atoms with E-state index >= 15 is 0 Å². The van der Waals surface area contributed by atoms with Gasteiger partial charge >= 0.3 is 11.9 Å². The quantitative estimate of drug-likeness (QED) is 0.614. The average Bonchev–Trinajstić information content (AvgIpc) is 2.63. The van der Waals surface area contributed by atoms with Crippen molar-refractivity contribution in [3.63, 3.8) is 0 Å². The summed E-state index contributed by atoms with van der Waals surface area (Å²) in [5, 5.41) is 2.73. The lowest BCUT2D eigenvalue weighted by Crippen LogP contribution is -2.69. The van der Waals surface area contributed by atoms with Gasteiger partial charge in [-0.15, -0.1) is 0 Å². The monoisotopic (exact) mass is 440 g/mol. The van der Waals surface area contributed by atoms with Crippen LogP contribution in [0.15, 0.2) is 30.3 Å². The van der Waals surface area contributed by atoms with Gasteiger partial charge in [-0.2, -0.15) is 0 Å². The van der Waals surface area contributed by atoms with Crippen molar-refractivity contribution in [3.8, 4) is 0 Å². The Labute approximate surface area is 176 Å². The lowest BCUT2D eigenvalue weighted by atomic mass is 10.1. The first kappa shape index (κ1) is 23.8. The Bertz CT molecular complexity index is 893. The molecule has 1 atom stereocenters. The van der Waals surface area contributed by atoms with E-state index in [0.29, 0.717) is 5.56 Å². The van der Waals surface area contributed by atoms with Crippen LogP contribution in [0.3, 0.4) is 0 Å². The summed E-state index contributed by atoms with van der Waals surface area (Å²) in [7, 11) is -3.09. The molecule has 1 heterocycles. The number of esters is 2. The van der Waals surface area contributed by atoms with Crippen molar-refractivity contribution < 1.29 is 32.3 Å². The molecule has 0 aliphatic carbocycles. The summed E-state index contributed by atoms with van der Waals surface area (Å²) in [6.45, 7) is 4.84. The highest BCUT2D eigenvalue weighted by atomic mass is 32.2. The summed E-state index contributed by atoms with van der Waals surface area (Å²) in [6, 6.07) is 8.35. The number of amides is 1. The molecule has 1 aliphatic rings. The van der Waals surface area contributed by atoms with E-state index < -0.39 is 56.9 Å². The summed E-state index contributed by atoms with van der Waals surface area (Å²) >= 11 is 0. The molecule has 0 saturated carbocycles. The van der Waals surface area contributed by atoms with Crippen LogP contribution in [0.4, 0.5) is 0 Å². The third kappa shape index (κ3) is 5.57. The molecule has 9 nitrogen and oxygen atoms in total.